The third-order valence-corrected chi connectivity index (χ3v) is 3.34. The quantitative estimate of drug-likeness (QED) is 0.819. The minimum atomic E-state index is 0.436. The van der Waals surface area contributed by atoms with E-state index in [1.807, 2.05) is 0 Å². The summed E-state index contributed by atoms with van der Waals surface area (Å²) in [6.45, 7) is 6.18. The minimum Gasteiger partial charge on any atom is -0.368 e. The zero-order chi connectivity index (χ0) is 12.3. The maximum Gasteiger partial charge on any atom is 0.224 e. The van der Waals surface area contributed by atoms with Crippen LogP contribution < -0.4 is 10.6 Å². The van der Waals surface area contributed by atoms with Gasteiger partial charge in [-0.25, -0.2) is 4.98 Å². The largest absolute Gasteiger partial charge is 0.368 e. The molecule has 5 heteroatoms. The smallest absolute Gasteiger partial charge is 0.224 e. The van der Waals surface area contributed by atoms with Gasteiger partial charge in [0.2, 0.25) is 5.95 Å². The highest BCUT2D eigenvalue weighted by molar-refractivity contribution is 6.32. The van der Waals surface area contributed by atoms with E-state index in [2.05, 4.69) is 34.4 Å². The summed E-state index contributed by atoms with van der Waals surface area (Å²) in [6.07, 6.45) is 5.25. The van der Waals surface area contributed by atoms with Crippen LogP contribution in [0.25, 0.3) is 0 Å². The summed E-state index contributed by atoms with van der Waals surface area (Å²) in [6, 6.07) is 0. The van der Waals surface area contributed by atoms with Crippen LogP contribution in [0.3, 0.4) is 0 Å². The molecule has 0 spiro atoms. The Morgan fingerprint density at radius 1 is 1.41 bits per heavy atom. The van der Waals surface area contributed by atoms with Gasteiger partial charge in [-0.2, -0.15) is 4.98 Å². The topological polar surface area (TPSA) is 49.8 Å². The van der Waals surface area contributed by atoms with Crippen LogP contribution in [0.1, 0.15) is 33.1 Å². The van der Waals surface area contributed by atoms with Gasteiger partial charge in [-0.15, -0.1) is 0 Å². The number of hydrogen-bond acceptors (Lipinski definition) is 4. The number of nitrogens with one attached hydrogen (secondary N) is 2. The Labute approximate surface area is 107 Å². The van der Waals surface area contributed by atoms with Crippen LogP contribution in [0.4, 0.5) is 11.8 Å². The van der Waals surface area contributed by atoms with E-state index in [9.17, 15) is 0 Å². The van der Waals surface area contributed by atoms with E-state index >= 15 is 0 Å². The molecular weight excluding hydrogens is 236 g/mol. The molecule has 4 nitrogen and oxygen atoms in total. The number of halogens is 1. The zero-order valence-electron chi connectivity index (χ0n) is 10.4. The summed E-state index contributed by atoms with van der Waals surface area (Å²) in [5.41, 5.74) is 0.436. The van der Waals surface area contributed by atoms with Crippen molar-refractivity contribution in [2.45, 2.75) is 33.1 Å². The van der Waals surface area contributed by atoms with Gasteiger partial charge in [0.25, 0.3) is 0 Å². The van der Waals surface area contributed by atoms with Gasteiger partial charge in [-0.1, -0.05) is 25.4 Å². The van der Waals surface area contributed by atoms with E-state index in [1.165, 1.54) is 12.8 Å². The van der Waals surface area contributed by atoms with Crippen LogP contribution in [0.15, 0.2) is 6.20 Å². The Morgan fingerprint density at radius 3 is 2.82 bits per heavy atom. The average molecular weight is 255 g/mol. The van der Waals surface area contributed by atoms with Crippen LogP contribution in [0.5, 0.6) is 0 Å². The van der Waals surface area contributed by atoms with Gasteiger partial charge in [0.15, 0.2) is 5.82 Å². The van der Waals surface area contributed by atoms with Gasteiger partial charge in [0.1, 0.15) is 5.02 Å². The molecule has 0 aromatic carbocycles. The van der Waals surface area contributed by atoms with Crippen LogP contribution in [-0.2, 0) is 0 Å². The standard InChI is InChI=1S/C12H19ClN4/c1-3-6-14-11-15-7-9(13)10(17-11)16-8-12(2)4-5-12/h7H,3-6,8H2,1-2H3,(H2,14,15,16,17). The van der Waals surface area contributed by atoms with Crippen molar-refractivity contribution >= 4 is 23.4 Å². The molecule has 1 saturated carbocycles. The molecule has 1 aliphatic carbocycles. The van der Waals surface area contributed by atoms with Crippen molar-refractivity contribution in [3.8, 4) is 0 Å². The predicted octanol–water partition coefficient (Wildman–Crippen LogP) is 3.16. The predicted molar refractivity (Wildman–Crippen MR) is 71.7 cm³/mol. The van der Waals surface area contributed by atoms with E-state index in [0.29, 0.717) is 16.4 Å². The zero-order valence-corrected chi connectivity index (χ0v) is 11.1. The van der Waals surface area contributed by atoms with Crippen molar-refractivity contribution in [3.05, 3.63) is 11.2 Å². The lowest BCUT2D eigenvalue weighted by atomic mass is 10.1. The normalized spacial score (nSPS) is 16.6. The van der Waals surface area contributed by atoms with Crippen LogP contribution in [-0.4, -0.2) is 23.1 Å². The summed E-state index contributed by atoms with van der Waals surface area (Å²) >= 11 is 6.06. The first-order chi connectivity index (χ1) is 8.13. The molecule has 2 rings (SSSR count). The molecule has 17 heavy (non-hydrogen) atoms. The second-order valence-corrected chi connectivity index (χ2v) is 5.39. The summed E-state index contributed by atoms with van der Waals surface area (Å²) in [5.74, 6) is 1.37. The van der Waals surface area contributed by atoms with Gasteiger partial charge in [-0.05, 0) is 24.7 Å². The lowest BCUT2D eigenvalue weighted by Gasteiger charge is -2.12. The highest BCUT2D eigenvalue weighted by Gasteiger charge is 2.36. The molecule has 1 aliphatic rings. The van der Waals surface area contributed by atoms with Crippen molar-refractivity contribution in [2.75, 3.05) is 23.7 Å². The van der Waals surface area contributed by atoms with Crippen LogP contribution >= 0.6 is 11.6 Å². The van der Waals surface area contributed by atoms with E-state index in [-0.39, 0.29) is 0 Å². The molecule has 2 N–H and O–H groups in total. The fraction of sp³-hybridized carbons (Fsp3) is 0.667. The molecule has 0 atom stereocenters. The Hall–Kier alpha value is -1.03. The van der Waals surface area contributed by atoms with Crippen molar-refractivity contribution in [1.82, 2.24) is 9.97 Å². The van der Waals surface area contributed by atoms with Gasteiger partial charge < -0.3 is 10.6 Å². The highest BCUT2D eigenvalue weighted by atomic mass is 35.5. The Bertz CT molecular complexity index is 390. The molecule has 0 bridgehead atoms. The van der Waals surface area contributed by atoms with Crippen molar-refractivity contribution in [2.24, 2.45) is 5.41 Å². The van der Waals surface area contributed by atoms with E-state index in [0.717, 1.165) is 25.3 Å². The Balaban J connectivity index is 1.98. The summed E-state index contributed by atoms with van der Waals surface area (Å²) < 4.78 is 0. The number of nitrogens with zero attached hydrogens (tertiary/aromatic N) is 2. The molecular formula is C12H19ClN4. The second kappa shape index (κ2) is 5.08. The molecule has 1 aromatic rings. The summed E-state index contributed by atoms with van der Waals surface area (Å²) in [4.78, 5) is 8.52. The molecule has 94 valence electrons. The first kappa shape index (κ1) is 12.4. The third-order valence-electron chi connectivity index (χ3n) is 3.06. The number of rotatable bonds is 6. The molecule has 0 radical (unpaired) electrons. The van der Waals surface area contributed by atoms with E-state index in [1.54, 1.807) is 6.20 Å². The highest BCUT2D eigenvalue weighted by Crippen LogP contribution is 2.44. The van der Waals surface area contributed by atoms with E-state index in [4.69, 9.17) is 11.6 Å². The third kappa shape index (κ3) is 3.46. The monoisotopic (exact) mass is 254 g/mol. The molecule has 1 aromatic heterocycles. The first-order valence-corrected chi connectivity index (χ1v) is 6.51. The average Bonchev–Trinajstić information content (AvgIpc) is 3.05. The fourth-order valence-electron chi connectivity index (χ4n) is 1.50. The van der Waals surface area contributed by atoms with Crippen molar-refractivity contribution in [3.63, 3.8) is 0 Å². The van der Waals surface area contributed by atoms with Crippen LogP contribution in [0.2, 0.25) is 5.02 Å². The molecule has 1 heterocycles. The SMILES string of the molecule is CCCNc1ncc(Cl)c(NCC2(C)CC2)n1. The molecule has 1 fully saturated rings. The maximum absolute atomic E-state index is 6.06. The molecule has 0 aliphatic heterocycles. The van der Waals surface area contributed by atoms with E-state index < -0.39 is 0 Å². The number of aromatic nitrogens is 2. The summed E-state index contributed by atoms with van der Waals surface area (Å²) in [5, 5.41) is 7.04. The Kier molecular flexibility index (Phi) is 3.72. The van der Waals surface area contributed by atoms with Gasteiger partial charge in [-0.3, -0.25) is 0 Å². The Morgan fingerprint density at radius 2 is 2.18 bits per heavy atom. The van der Waals surface area contributed by atoms with Crippen molar-refractivity contribution in [1.29, 1.82) is 0 Å². The lowest BCUT2D eigenvalue weighted by Crippen LogP contribution is -2.14. The number of hydrogen-bond donors (Lipinski definition) is 2. The van der Waals surface area contributed by atoms with Gasteiger partial charge in [0.05, 0.1) is 6.20 Å². The minimum absolute atomic E-state index is 0.436. The molecule has 0 saturated heterocycles. The van der Waals surface area contributed by atoms with Crippen LogP contribution in [0, 0.1) is 5.41 Å². The molecule has 0 amide bonds. The number of anilines is 2. The lowest BCUT2D eigenvalue weighted by molar-refractivity contribution is 0.609. The fourth-order valence-corrected chi connectivity index (χ4v) is 1.66. The molecule has 0 unspecified atom stereocenters. The second-order valence-electron chi connectivity index (χ2n) is 4.98. The summed E-state index contributed by atoms with van der Waals surface area (Å²) in [7, 11) is 0. The van der Waals surface area contributed by atoms with Gasteiger partial charge in [0, 0.05) is 13.1 Å². The van der Waals surface area contributed by atoms with Crippen molar-refractivity contribution < 1.29 is 0 Å². The first-order valence-electron chi connectivity index (χ1n) is 6.13. The maximum atomic E-state index is 6.06. The van der Waals surface area contributed by atoms with Gasteiger partial charge >= 0.3 is 0 Å².